The van der Waals surface area contributed by atoms with Crippen molar-refractivity contribution in [1.29, 1.82) is 0 Å². The van der Waals surface area contributed by atoms with Crippen molar-refractivity contribution >= 4 is 45.5 Å². The molecule has 0 saturated carbocycles. The summed E-state index contributed by atoms with van der Waals surface area (Å²) >= 11 is 12.7. The molecular weight excluding hydrogens is 593 g/mol. The summed E-state index contributed by atoms with van der Waals surface area (Å²) in [6.07, 6.45) is -9.92. The minimum atomic E-state index is -5.78. The molecule has 0 spiro atoms. The van der Waals surface area contributed by atoms with Gasteiger partial charge in [-0.3, -0.25) is 4.98 Å². The van der Waals surface area contributed by atoms with Gasteiger partial charge in [-0.2, -0.15) is 26.3 Å². The van der Waals surface area contributed by atoms with Crippen LogP contribution in [0.2, 0.25) is 10.0 Å². The lowest BCUT2D eigenvalue weighted by Gasteiger charge is -2.35. The van der Waals surface area contributed by atoms with Crippen molar-refractivity contribution in [3.63, 3.8) is 0 Å². The van der Waals surface area contributed by atoms with Crippen LogP contribution in [0.5, 0.6) is 5.75 Å². The largest absolute Gasteiger partial charge is 0.479 e. The first kappa shape index (κ1) is 32.7. The summed E-state index contributed by atoms with van der Waals surface area (Å²) in [7, 11) is 0. The standard InChI is InChI=1S/C29H28Cl2F6N2O2/c1-17(15-26(2,3)4)23(39-25-19(30)11-7-12-20(25)31)22(16-40-27(5,28(32,33)34)29(35,36)37)41-21-13-6-9-18-10-8-14-38-24(18)21/h6-15,22H,16H2,1-5H3/b17-15-,39-23+/t22-/m0/s1. The second-order valence-electron chi connectivity index (χ2n) is 10.5. The fraction of sp³-hybridized carbons (Fsp3) is 0.379. The van der Waals surface area contributed by atoms with Gasteiger partial charge < -0.3 is 9.47 Å². The maximum absolute atomic E-state index is 13.7. The average Bonchev–Trinajstić information content (AvgIpc) is 2.84. The molecule has 0 unspecified atom stereocenters. The van der Waals surface area contributed by atoms with Gasteiger partial charge in [0.2, 0.25) is 0 Å². The van der Waals surface area contributed by atoms with E-state index < -0.39 is 36.1 Å². The number of alkyl halides is 6. The van der Waals surface area contributed by atoms with Crippen molar-refractivity contribution in [3.05, 3.63) is 76.4 Å². The van der Waals surface area contributed by atoms with Crippen LogP contribution in [-0.4, -0.2) is 41.4 Å². The van der Waals surface area contributed by atoms with Gasteiger partial charge in [-0.05, 0) is 49.1 Å². The maximum atomic E-state index is 13.7. The molecule has 0 saturated heterocycles. The Bertz CT molecular complexity index is 1410. The second kappa shape index (κ2) is 12.2. The second-order valence-corrected chi connectivity index (χ2v) is 11.4. The molecule has 1 atom stereocenters. The number of rotatable bonds is 8. The molecule has 4 nitrogen and oxygen atoms in total. The summed E-state index contributed by atoms with van der Waals surface area (Å²) in [5.74, 6) is 0.0962. The Morgan fingerprint density at radius 2 is 1.46 bits per heavy atom. The molecule has 0 aliphatic rings. The molecule has 0 radical (unpaired) electrons. The Morgan fingerprint density at radius 1 is 0.902 bits per heavy atom. The van der Waals surface area contributed by atoms with E-state index in [1.807, 2.05) is 20.8 Å². The number of aliphatic imine (C=N–C) groups is 1. The van der Waals surface area contributed by atoms with E-state index in [2.05, 4.69) is 9.98 Å². The fourth-order valence-electron chi connectivity index (χ4n) is 3.91. The van der Waals surface area contributed by atoms with Gasteiger partial charge in [0.1, 0.15) is 17.0 Å². The van der Waals surface area contributed by atoms with Crippen molar-refractivity contribution < 1.29 is 35.8 Å². The molecule has 0 aliphatic carbocycles. The summed E-state index contributed by atoms with van der Waals surface area (Å²) < 4.78 is 93.3. The van der Waals surface area contributed by atoms with Crippen LogP contribution < -0.4 is 4.74 Å². The number of pyridine rings is 1. The van der Waals surface area contributed by atoms with Crippen LogP contribution >= 0.6 is 23.2 Å². The third-order valence-electron chi connectivity index (χ3n) is 6.00. The van der Waals surface area contributed by atoms with Crippen molar-refractivity contribution in [2.24, 2.45) is 10.4 Å². The molecule has 1 heterocycles. The van der Waals surface area contributed by atoms with E-state index in [0.717, 1.165) is 0 Å². The van der Waals surface area contributed by atoms with E-state index in [-0.39, 0.29) is 34.1 Å². The predicted octanol–water partition coefficient (Wildman–Crippen LogP) is 9.95. The Kier molecular flexibility index (Phi) is 9.72. The number of ether oxygens (including phenoxy) is 2. The monoisotopic (exact) mass is 620 g/mol. The van der Waals surface area contributed by atoms with Gasteiger partial charge >= 0.3 is 12.4 Å². The highest BCUT2D eigenvalue weighted by atomic mass is 35.5. The van der Waals surface area contributed by atoms with Crippen molar-refractivity contribution in [2.45, 2.75) is 58.7 Å². The molecule has 0 bridgehead atoms. The summed E-state index contributed by atoms with van der Waals surface area (Å²) in [6, 6.07) is 12.8. The predicted molar refractivity (Wildman–Crippen MR) is 149 cm³/mol. The van der Waals surface area contributed by atoms with E-state index in [0.29, 0.717) is 16.5 Å². The van der Waals surface area contributed by atoms with Gasteiger partial charge in [0.15, 0.2) is 6.10 Å². The normalized spacial score (nSPS) is 14.9. The summed E-state index contributed by atoms with van der Waals surface area (Å²) in [5, 5.41) is 0.857. The minimum Gasteiger partial charge on any atom is -0.479 e. The minimum absolute atomic E-state index is 0.0328. The number of hydrogen-bond acceptors (Lipinski definition) is 4. The third kappa shape index (κ3) is 7.72. The SMILES string of the molecule is CC(=C/C(C)(C)C)/C(=N\c1c(Cl)cccc1Cl)[C@H](COC(C)(C(F)(F)F)C(F)(F)F)Oc1cccc2cccnc12. The molecule has 0 fully saturated rings. The molecule has 12 heteroatoms. The Labute approximate surface area is 244 Å². The lowest BCUT2D eigenvalue weighted by atomic mass is 9.91. The highest BCUT2D eigenvalue weighted by Crippen LogP contribution is 2.46. The number of nitrogens with zero attached hydrogens (tertiary/aromatic N) is 2. The van der Waals surface area contributed by atoms with Crippen molar-refractivity contribution in [1.82, 2.24) is 4.98 Å². The van der Waals surface area contributed by atoms with E-state index in [1.54, 1.807) is 43.3 Å². The van der Waals surface area contributed by atoms with Crippen LogP contribution in [-0.2, 0) is 4.74 Å². The zero-order chi connectivity index (χ0) is 30.8. The van der Waals surface area contributed by atoms with Crippen LogP contribution in [0.15, 0.2) is 71.4 Å². The number of benzene rings is 2. The van der Waals surface area contributed by atoms with Crippen molar-refractivity contribution in [3.8, 4) is 5.75 Å². The fourth-order valence-corrected chi connectivity index (χ4v) is 4.40. The molecule has 0 N–H and O–H groups in total. The molecule has 3 aromatic rings. The highest BCUT2D eigenvalue weighted by Gasteiger charge is 2.69. The van der Waals surface area contributed by atoms with E-state index in [1.165, 1.54) is 24.4 Å². The lowest BCUT2D eigenvalue weighted by molar-refractivity contribution is -0.375. The summed E-state index contributed by atoms with van der Waals surface area (Å²) in [6.45, 7) is 5.95. The Morgan fingerprint density at radius 3 is 2.02 bits per heavy atom. The smallest absolute Gasteiger partial charge is 0.426 e. The topological polar surface area (TPSA) is 43.7 Å². The number of aromatic nitrogens is 1. The summed E-state index contributed by atoms with van der Waals surface area (Å²) in [5.41, 5.74) is -4.19. The van der Waals surface area contributed by atoms with Crippen LogP contribution in [0.1, 0.15) is 34.6 Å². The third-order valence-corrected chi connectivity index (χ3v) is 6.61. The average molecular weight is 621 g/mol. The number of fused-ring (bicyclic) bond motifs is 1. The number of para-hydroxylation sites is 2. The molecule has 41 heavy (non-hydrogen) atoms. The van der Waals surface area contributed by atoms with E-state index in [4.69, 9.17) is 32.7 Å². The first-order valence-electron chi connectivity index (χ1n) is 12.3. The van der Waals surface area contributed by atoms with Crippen LogP contribution in [0.3, 0.4) is 0 Å². The zero-order valence-corrected chi connectivity index (χ0v) is 24.3. The van der Waals surface area contributed by atoms with Gasteiger partial charge in [0.05, 0.1) is 22.4 Å². The Balaban J connectivity index is 2.26. The van der Waals surface area contributed by atoms with Gasteiger partial charge in [-0.25, -0.2) is 4.99 Å². The molecule has 3 rings (SSSR count). The maximum Gasteiger partial charge on any atom is 0.426 e. The first-order chi connectivity index (χ1) is 18.8. The molecule has 0 aliphatic heterocycles. The van der Waals surface area contributed by atoms with Crippen LogP contribution in [0, 0.1) is 5.41 Å². The molecule has 2 aromatic carbocycles. The van der Waals surface area contributed by atoms with Crippen LogP contribution in [0.25, 0.3) is 10.9 Å². The summed E-state index contributed by atoms with van der Waals surface area (Å²) in [4.78, 5) is 8.81. The number of hydrogen-bond donors (Lipinski definition) is 0. The molecule has 1 aromatic heterocycles. The van der Waals surface area contributed by atoms with Crippen molar-refractivity contribution in [2.75, 3.05) is 6.61 Å². The van der Waals surface area contributed by atoms with E-state index >= 15 is 0 Å². The van der Waals surface area contributed by atoms with Gasteiger partial charge in [0.25, 0.3) is 5.60 Å². The lowest BCUT2D eigenvalue weighted by Crippen LogP contribution is -2.57. The van der Waals surface area contributed by atoms with E-state index in [9.17, 15) is 26.3 Å². The first-order valence-corrected chi connectivity index (χ1v) is 13.1. The van der Waals surface area contributed by atoms with Gasteiger partial charge in [-0.1, -0.05) is 74.3 Å². The van der Waals surface area contributed by atoms with Gasteiger partial charge in [-0.15, -0.1) is 0 Å². The zero-order valence-electron chi connectivity index (χ0n) is 22.8. The number of halogens is 8. The Hall–Kier alpha value is -2.82. The molecular formula is C29H28Cl2F6N2O2. The van der Waals surface area contributed by atoms with Gasteiger partial charge in [0, 0.05) is 11.6 Å². The highest BCUT2D eigenvalue weighted by molar-refractivity contribution is 6.39. The quantitative estimate of drug-likeness (QED) is 0.186. The molecule has 0 amide bonds. The number of allylic oxidation sites excluding steroid dienone is 1. The molecule has 222 valence electrons. The van der Waals surface area contributed by atoms with Crippen LogP contribution in [0.4, 0.5) is 32.0 Å².